The molecule has 0 unspecified atom stereocenters. The van der Waals surface area contributed by atoms with E-state index in [2.05, 4.69) is 15.5 Å². The Labute approximate surface area is 101 Å². The zero-order valence-electron chi connectivity index (χ0n) is 8.50. The first-order valence-electron chi connectivity index (χ1n) is 4.64. The van der Waals surface area contributed by atoms with Gasteiger partial charge in [0.15, 0.2) is 0 Å². The van der Waals surface area contributed by atoms with E-state index < -0.39 is 11.7 Å². The molecule has 0 saturated heterocycles. The zero-order valence-corrected chi connectivity index (χ0v) is 9.25. The Balaban J connectivity index is 2.28. The molecule has 1 heterocycles. The van der Waals surface area contributed by atoms with Crippen LogP contribution >= 0.6 is 11.6 Å². The van der Waals surface area contributed by atoms with Gasteiger partial charge in [-0.15, -0.1) is 0 Å². The molecular formula is C10H8ClFN4O. The number of anilines is 2. The zero-order chi connectivity index (χ0) is 12.4. The monoisotopic (exact) mass is 254 g/mol. The van der Waals surface area contributed by atoms with Gasteiger partial charge >= 0.3 is 0 Å². The van der Waals surface area contributed by atoms with Crippen molar-refractivity contribution in [1.29, 1.82) is 0 Å². The molecule has 1 aromatic heterocycles. The van der Waals surface area contributed by atoms with E-state index in [1.54, 1.807) is 0 Å². The molecule has 17 heavy (non-hydrogen) atoms. The van der Waals surface area contributed by atoms with Gasteiger partial charge in [0.25, 0.3) is 5.91 Å². The fourth-order valence-corrected chi connectivity index (χ4v) is 1.48. The predicted molar refractivity (Wildman–Crippen MR) is 62.4 cm³/mol. The molecule has 0 aliphatic carbocycles. The van der Waals surface area contributed by atoms with E-state index in [1.807, 2.05) is 0 Å². The molecule has 0 aliphatic heterocycles. The van der Waals surface area contributed by atoms with Gasteiger partial charge in [-0.25, -0.2) is 4.39 Å². The van der Waals surface area contributed by atoms with Gasteiger partial charge in [-0.05, 0) is 12.1 Å². The highest BCUT2D eigenvalue weighted by molar-refractivity contribution is 6.34. The maximum atomic E-state index is 13.4. The second-order valence-corrected chi connectivity index (χ2v) is 3.66. The van der Waals surface area contributed by atoms with Crippen LogP contribution in [0, 0.1) is 5.82 Å². The third kappa shape index (κ3) is 2.21. The molecule has 1 amide bonds. The number of benzene rings is 1. The molecule has 4 N–H and O–H groups in total. The van der Waals surface area contributed by atoms with Gasteiger partial charge in [-0.2, -0.15) is 5.10 Å². The maximum absolute atomic E-state index is 13.4. The number of aromatic nitrogens is 2. The number of hydrogen-bond acceptors (Lipinski definition) is 3. The molecule has 2 rings (SSSR count). The number of nitrogens with zero attached hydrogens (tertiary/aromatic N) is 1. The summed E-state index contributed by atoms with van der Waals surface area (Å²) in [7, 11) is 0. The number of nitrogens with two attached hydrogens (primary N) is 1. The summed E-state index contributed by atoms with van der Waals surface area (Å²) in [5.74, 6) is -1.23. The predicted octanol–water partition coefficient (Wildman–Crippen LogP) is 2.04. The molecular weight excluding hydrogens is 247 g/mol. The van der Waals surface area contributed by atoms with Gasteiger partial charge in [-0.3, -0.25) is 9.89 Å². The number of carbonyl (C=O) groups excluding carboxylic acids is 1. The van der Waals surface area contributed by atoms with Crippen molar-refractivity contribution in [3.63, 3.8) is 0 Å². The first kappa shape index (κ1) is 11.4. The highest BCUT2D eigenvalue weighted by Crippen LogP contribution is 2.25. The lowest BCUT2D eigenvalue weighted by atomic mass is 10.3. The van der Waals surface area contributed by atoms with Gasteiger partial charge in [0.2, 0.25) is 0 Å². The van der Waals surface area contributed by atoms with Crippen molar-refractivity contribution in [3.8, 4) is 0 Å². The summed E-state index contributed by atoms with van der Waals surface area (Å²) in [6.07, 6.45) is 1.29. The van der Waals surface area contributed by atoms with Crippen molar-refractivity contribution < 1.29 is 9.18 Å². The summed E-state index contributed by atoms with van der Waals surface area (Å²) in [6, 6.07) is 4.10. The van der Waals surface area contributed by atoms with Crippen molar-refractivity contribution >= 4 is 28.9 Å². The Hall–Kier alpha value is -2.08. The summed E-state index contributed by atoms with van der Waals surface area (Å²) >= 11 is 5.76. The Morgan fingerprint density at radius 1 is 1.53 bits per heavy atom. The smallest absolute Gasteiger partial charge is 0.275 e. The van der Waals surface area contributed by atoms with E-state index in [0.717, 1.165) is 0 Å². The Bertz CT molecular complexity index is 549. The largest absolute Gasteiger partial charge is 0.396 e. The fourth-order valence-electron chi connectivity index (χ4n) is 1.27. The van der Waals surface area contributed by atoms with Crippen LogP contribution in [0.5, 0.6) is 0 Å². The van der Waals surface area contributed by atoms with Crippen LogP contribution in [0.4, 0.5) is 15.8 Å². The number of nitrogen functional groups attached to an aromatic ring is 1. The van der Waals surface area contributed by atoms with Gasteiger partial charge < -0.3 is 11.1 Å². The van der Waals surface area contributed by atoms with Gasteiger partial charge in [0.05, 0.1) is 22.6 Å². The van der Waals surface area contributed by atoms with Crippen molar-refractivity contribution in [1.82, 2.24) is 10.2 Å². The number of aromatic amines is 1. The summed E-state index contributed by atoms with van der Waals surface area (Å²) in [6.45, 7) is 0. The number of H-pyrrole nitrogens is 1. The molecule has 5 nitrogen and oxygen atoms in total. The molecule has 2 aromatic rings. The Morgan fingerprint density at radius 2 is 2.29 bits per heavy atom. The van der Waals surface area contributed by atoms with Crippen LogP contribution in [0.1, 0.15) is 10.5 Å². The van der Waals surface area contributed by atoms with E-state index in [0.29, 0.717) is 0 Å². The van der Waals surface area contributed by atoms with Crippen molar-refractivity contribution in [3.05, 3.63) is 40.9 Å². The number of hydrogen-bond donors (Lipinski definition) is 3. The van der Waals surface area contributed by atoms with Crippen LogP contribution < -0.4 is 11.1 Å². The molecule has 0 bridgehead atoms. The highest BCUT2D eigenvalue weighted by atomic mass is 35.5. The summed E-state index contributed by atoms with van der Waals surface area (Å²) in [4.78, 5) is 11.7. The van der Waals surface area contributed by atoms with Crippen LogP contribution in [-0.2, 0) is 0 Å². The number of halogens is 2. The van der Waals surface area contributed by atoms with E-state index in [1.165, 1.54) is 24.4 Å². The number of nitrogens with one attached hydrogen (secondary N) is 2. The van der Waals surface area contributed by atoms with Crippen LogP contribution in [0.15, 0.2) is 24.4 Å². The molecule has 1 aromatic carbocycles. The minimum Gasteiger partial charge on any atom is -0.396 e. The number of amides is 1. The standard InChI is InChI=1S/C10H8ClFN4O/c11-5-2-1-3-6(12)8(5)15-10(17)9-7(13)4-14-16-9/h1-4H,13H2,(H,14,16)(H,15,17). The molecule has 0 spiro atoms. The third-order valence-corrected chi connectivity index (χ3v) is 2.41. The van der Waals surface area contributed by atoms with Crippen LogP contribution in [0.3, 0.4) is 0 Å². The van der Waals surface area contributed by atoms with Gasteiger partial charge in [-0.1, -0.05) is 17.7 Å². The quantitative estimate of drug-likeness (QED) is 0.767. The van der Waals surface area contributed by atoms with Crippen LogP contribution in [-0.4, -0.2) is 16.1 Å². The number of carbonyl (C=O) groups is 1. The van der Waals surface area contributed by atoms with E-state index >= 15 is 0 Å². The average molecular weight is 255 g/mol. The second kappa shape index (κ2) is 4.42. The van der Waals surface area contributed by atoms with Crippen LogP contribution in [0.2, 0.25) is 5.02 Å². The minimum atomic E-state index is -0.621. The SMILES string of the molecule is Nc1cn[nH]c1C(=O)Nc1c(F)cccc1Cl. The number of para-hydroxylation sites is 1. The number of rotatable bonds is 2. The molecule has 0 fully saturated rings. The molecule has 7 heteroatoms. The van der Waals surface area contributed by atoms with Crippen molar-refractivity contribution in [2.75, 3.05) is 11.1 Å². The average Bonchev–Trinajstić information content (AvgIpc) is 2.70. The molecule has 88 valence electrons. The maximum Gasteiger partial charge on any atom is 0.275 e. The molecule has 0 saturated carbocycles. The Morgan fingerprint density at radius 3 is 2.88 bits per heavy atom. The molecule has 0 atom stereocenters. The third-order valence-electron chi connectivity index (χ3n) is 2.10. The molecule has 0 radical (unpaired) electrons. The first-order valence-corrected chi connectivity index (χ1v) is 5.01. The highest BCUT2D eigenvalue weighted by Gasteiger charge is 2.15. The lowest BCUT2D eigenvalue weighted by Gasteiger charge is -2.07. The molecule has 0 aliphatic rings. The fraction of sp³-hybridized carbons (Fsp3) is 0. The van der Waals surface area contributed by atoms with E-state index in [-0.39, 0.29) is 22.1 Å². The van der Waals surface area contributed by atoms with E-state index in [9.17, 15) is 9.18 Å². The minimum absolute atomic E-state index is 0.0596. The van der Waals surface area contributed by atoms with Crippen LogP contribution in [0.25, 0.3) is 0 Å². The van der Waals surface area contributed by atoms with Crippen molar-refractivity contribution in [2.45, 2.75) is 0 Å². The normalized spacial score (nSPS) is 10.2. The van der Waals surface area contributed by atoms with Crippen molar-refractivity contribution in [2.24, 2.45) is 0 Å². The lowest BCUT2D eigenvalue weighted by molar-refractivity contribution is 0.102. The van der Waals surface area contributed by atoms with E-state index in [4.69, 9.17) is 17.3 Å². The summed E-state index contributed by atoms with van der Waals surface area (Å²) < 4.78 is 13.4. The first-order chi connectivity index (χ1) is 8.09. The van der Waals surface area contributed by atoms with Gasteiger partial charge in [0, 0.05) is 0 Å². The lowest BCUT2D eigenvalue weighted by Crippen LogP contribution is -2.15. The summed E-state index contributed by atoms with van der Waals surface area (Å²) in [5.41, 5.74) is 5.64. The topological polar surface area (TPSA) is 83.8 Å². The van der Waals surface area contributed by atoms with Gasteiger partial charge in [0.1, 0.15) is 11.5 Å². The summed E-state index contributed by atoms with van der Waals surface area (Å²) in [5, 5.41) is 8.44. The Kier molecular flexibility index (Phi) is 2.97. The second-order valence-electron chi connectivity index (χ2n) is 3.25.